The normalized spacial score (nSPS) is 10.2. The zero-order valence-electron chi connectivity index (χ0n) is 62.3. The van der Waals surface area contributed by atoms with E-state index in [-0.39, 0.29) is 0 Å². The summed E-state index contributed by atoms with van der Waals surface area (Å²) in [6, 6.07) is 30.7. The first kappa shape index (κ1) is 85.9. The van der Waals surface area contributed by atoms with Crippen LogP contribution in [0.5, 0.6) is 46.0 Å². The van der Waals surface area contributed by atoms with Gasteiger partial charge in [-0.2, -0.15) is 0 Å². The van der Waals surface area contributed by atoms with Crippen molar-refractivity contribution in [1.29, 1.82) is 0 Å². The van der Waals surface area contributed by atoms with Crippen LogP contribution in [0, 0.1) is 96.9 Å². The van der Waals surface area contributed by atoms with E-state index in [1.807, 2.05) is 127 Å². The lowest BCUT2D eigenvalue weighted by atomic mass is 10.0. The third kappa shape index (κ3) is 29.1. The Bertz CT molecular complexity index is 3590. The van der Waals surface area contributed by atoms with Gasteiger partial charge in [-0.25, -0.2) is 0 Å². The van der Waals surface area contributed by atoms with E-state index < -0.39 is 0 Å². The molecule has 0 spiro atoms. The Morgan fingerprint density at radius 1 is 0.208 bits per heavy atom. The van der Waals surface area contributed by atoms with Gasteiger partial charge in [-0.15, -0.1) is 0 Å². The van der Waals surface area contributed by atoms with Crippen molar-refractivity contribution in [2.45, 2.75) is 190 Å². The first-order chi connectivity index (χ1) is 45.3. The van der Waals surface area contributed by atoms with Crippen molar-refractivity contribution in [3.05, 3.63) is 231 Å². The van der Waals surface area contributed by atoms with Crippen molar-refractivity contribution < 1.29 is 69.3 Å². The van der Waals surface area contributed by atoms with Crippen molar-refractivity contribution in [1.82, 2.24) is 0 Å². The number of methoxy groups -OCH3 is 6. The molecule has 0 radical (unpaired) electrons. The molecule has 0 heterocycles. The maximum atomic E-state index is 9.62. The fourth-order valence-electron chi connectivity index (χ4n) is 9.95. The lowest BCUT2D eigenvalue weighted by Gasteiger charge is -2.09. The molecule has 96 heavy (non-hydrogen) atoms. The number of hydrogen-bond donors (Lipinski definition) is 8. The minimum atomic E-state index is 0.298. The molecule has 0 aromatic heterocycles. The predicted octanol–water partition coefficient (Wildman–Crippen LogP) is 18.6. The number of phenolic OH excluding ortho intramolecular Hbond substituents is 8. The Labute approximate surface area is 575 Å². The topological polar surface area (TPSA) is 217 Å². The lowest BCUT2D eigenvalue weighted by Crippen LogP contribution is -1.96. The summed E-state index contributed by atoms with van der Waals surface area (Å²) in [5.74, 6) is 2.97. The second kappa shape index (κ2) is 44.6. The smallest absolute Gasteiger partial charge is 0.119 e. The third-order valence-electron chi connectivity index (χ3n) is 16.5. The average Bonchev–Trinajstić information content (AvgIpc) is 0.977. The van der Waals surface area contributed by atoms with Crippen LogP contribution in [-0.4, -0.2) is 83.5 Å². The fraction of sp³-hybridized carbons (Fsp3) is 0.415. The maximum absolute atomic E-state index is 9.62. The van der Waals surface area contributed by atoms with Crippen molar-refractivity contribution in [3.63, 3.8) is 0 Å². The molecule has 0 bridgehead atoms. The van der Waals surface area contributed by atoms with Crippen LogP contribution in [0.15, 0.2) is 97.1 Å². The van der Waals surface area contributed by atoms with Gasteiger partial charge in [0.25, 0.3) is 0 Å². The van der Waals surface area contributed by atoms with Gasteiger partial charge in [0.05, 0.1) is 39.6 Å². The van der Waals surface area contributed by atoms with Crippen molar-refractivity contribution in [3.8, 4) is 46.0 Å². The quantitative estimate of drug-likeness (QED) is 0.0452. The summed E-state index contributed by atoms with van der Waals surface area (Å²) in [5, 5.41) is 75.8. The highest BCUT2D eigenvalue weighted by Gasteiger charge is 2.10. The van der Waals surface area contributed by atoms with Crippen LogP contribution in [0.25, 0.3) is 0 Å². The first-order valence-corrected chi connectivity index (χ1v) is 32.6. The summed E-state index contributed by atoms with van der Waals surface area (Å²) in [6.45, 7) is 38.8. The Morgan fingerprint density at radius 2 is 0.417 bits per heavy atom. The molecule has 0 aliphatic heterocycles. The molecule has 0 aliphatic rings. The summed E-state index contributed by atoms with van der Waals surface area (Å²) >= 11 is 0. The van der Waals surface area contributed by atoms with E-state index in [1.165, 1.54) is 22.3 Å². The van der Waals surface area contributed by atoms with Crippen molar-refractivity contribution >= 4 is 0 Å². The van der Waals surface area contributed by atoms with Crippen LogP contribution < -0.4 is 0 Å². The van der Waals surface area contributed by atoms with E-state index in [4.69, 9.17) is 28.4 Å². The summed E-state index contributed by atoms with van der Waals surface area (Å²) in [7, 11) is 9.88. The van der Waals surface area contributed by atoms with Gasteiger partial charge >= 0.3 is 0 Å². The SMILES string of the molecule is CCc1cc(C)c(C)c(O)c1.CCc1cc(C)cc(O)c1C.CCc1cc(COC)cc(O)c1C.CCc1cc(O)c(C)c(COC)c1.COCc1cc(C)c(C)c(O)c1.COCc1cc(C)cc(O)c1C.COCc1cc(O)c(C)c(COC)c1.Cc1cc(C)c(C)c(O)c1. The molecule has 8 aromatic rings. The molecule has 0 saturated carbocycles. The molecular weight excluding hydrogens is 1210 g/mol. The highest BCUT2D eigenvalue weighted by molar-refractivity contribution is 5.47. The van der Waals surface area contributed by atoms with Crippen LogP contribution in [-0.2, 0) is 93.7 Å². The number of rotatable bonds is 16. The van der Waals surface area contributed by atoms with Gasteiger partial charge in [-0.1, -0.05) is 76.2 Å². The number of aromatic hydroxyl groups is 8. The first-order valence-electron chi connectivity index (χ1n) is 32.6. The highest BCUT2D eigenvalue weighted by atomic mass is 16.5. The summed E-state index contributed by atoms with van der Waals surface area (Å²) in [6.07, 6.45) is 3.84. The molecule has 528 valence electrons. The molecule has 14 nitrogen and oxygen atoms in total. The largest absolute Gasteiger partial charge is 0.508 e. The van der Waals surface area contributed by atoms with Gasteiger partial charge in [0, 0.05) is 42.7 Å². The molecule has 8 N–H and O–H groups in total. The van der Waals surface area contributed by atoms with E-state index >= 15 is 0 Å². The molecule has 0 aliphatic carbocycles. The monoisotopic (exact) mass is 1320 g/mol. The second-order valence-electron chi connectivity index (χ2n) is 24.2. The molecule has 8 aromatic carbocycles. The second-order valence-corrected chi connectivity index (χ2v) is 24.2. The number of phenols is 8. The van der Waals surface area contributed by atoms with Gasteiger partial charge in [0.15, 0.2) is 0 Å². The number of benzene rings is 8. The summed E-state index contributed by atoms with van der Waals surface area (Å²) < 4.78 is 30.1. The Morgan fingerprint density at radius 3 is 0.729 bits per heavy atom. The van der Waals surface area contributed by atoms with E-state index in [0.717, 1.165) is 137 Å². The lowest BCUT2D eigenvalue weighted by molar-refractivity contribution is 0.179. The molecule has 0 amide bonds. The van der Waals surface area contributed by atoms with Gasteiger partial charge in [0.2, 0.25) is 0 Å². The molecule has 0 atom stereocenters. The molecule has 0 saturated heterocycles. The molecular formula is C82H116O14. The molecule has 0 unspecified atom stereocenters. The van der Waals surface area contributed by atoms with E-state index in [1.54, 1.807) is 79.1 Å². The molecule has 8 rings (SSSR count). The number of hydrogen-bond acceptors (Lipinski definition) is 14. The average molecular weight is 1330 g/mol. The van der Waals surface area contributed by atoms with Crippen molar-refractivity contribution in [2.75, 3.05) is 42.7 Å². The van der Waals surface area contributed by atoms with Gasteiger partial charge in [0.1, 0.15) is 46.0 Å². The Hall–Kier alpha value is -8.08. The Balaban J connectivity index is 0.000000550. The minimum Gasteiger partial charge on any atom is -0.508 e. The van der Waals surface area contributed by atoms with E-state index in [9.17, 15) is 40.9 Å². The number of aryl methyl sites for hydroxylation is 10. The van der Waals surface area contributed by atoms with Gasteiger partial charge in [-0.3, -0.25) is 0 Å². The zero-order chi connectivity index (χ0) is 73.1. The molecule has 14 heteroatoms. The summed E-state index contributed by atoms with van der Waals surface area (Å²) in [4.78, 5) is 0. The third-order valence-corrected chi connectivity index (χ3v) is 16.5. The fourth-order valence-corrected chi connectivity index (χ4v) is 9.95. The Kier molecular flexibility index (Phi) is 39.9. The van der Waals surface area contributed by atoms with E-state index in [2.05, 4.69) is 58.0 Å². The van der Waals surface area contributed by atoms with Crippen molar-refractivity contribution in [2.24, 2.45) is 0 Å². The summed E-state index contributed by atoms with van der Waals surface area (Å²) in [5.41, 5.74) is 25.2. The van der Waals surface area contributed by atoms with Crippen LogP contribution in [0.1, 0.15) is 161 Å². The van der Waals surface area contributed by atoms with E-state index in [0.29, 0.717) is 85.6 Å². The maximum Gasteiger partial charge on any atom is 0.119 e. The zero-order valence-corrected chi connectivity index (χ0v) is 62.3. The highest BCUT2D eigenvalue weighted by Crippen LogP contribution is 2.29. The van der Waals surface area contributed by atoms with Crippen LogP contribution in [0.3, 0.4) is 0 Å². The van der Waals surface area contributed by atoms with Gasteiger partial charge in [-0.05, 0) is 305 Å². The van der Waals surface area contributed by atoms with Crippen LogP contribution in [0.2, 0.25) is 0 Å². The minimum absolute atomic E-state index is 0.298. The van der Waals surface area contributed by atoms with Crippen LogP contribution in [0.4, 0.5) is 0 Å². The number of ether oxygens (including phenoxy) is 6. The van der Waals surface area contributed by atoms with Gasteiger partial charge < -0.3 is 69.3 Å². The predicted molar refractivity (Wildman–Crippen MR) is 393 cm³/mol. The standard InChI is InChI=1S/C11H16O3.2C11H16O2.2C10H14O2.2C10H14O.C9H12O/c1-8-10(7-14-3)4-9(6-13-2)5-11(8)12;1-4-10-5-9(7-13-3)6-11(12)8(10)2;1-4-9-5-10(7-13-3)8(2)11(12)6-9;1-7-4-9(6-12-3)5-10(11)8(7)2;1-7-4-9(6-12-3)8(2)10(11)5-7;1-4-9-5-7(2)8(3)10(11)6-9;1-4-9-5-7(2)6-10(11)8(9)3;1-6-4-7(2)8(3)9(10)5-6/h4-5,12H,6-7H2,1-3H3;2*5-6,12H,4,7H2,1-3H3;2*4-5,11H,6H2,1-3H3;2*5-6,11H,4H2,1-3H3;4-5,10H,1-3H3. The molecule has 0 fully saturated rings. The van der Waals surface area contributed by atoms with Crippen LogP contribution >= 0.6 is 0 Å².